The number of anilines is 2. The molecular formula is C23H25ClN6O2. The van der Waals surface area contributed by atoms with Crippen LogP contribution in [-0.2, 0) is 0 Å². The van der Waals surface area contributed by atoms with Gasteiger partial charge < -0.3 is 15.5 Å². The maximum absolute atomic E-state index is 12.6. The Morgan fingerprint density at radius 3 is 2.50 bits per heavy atom. The molecule has 1 aromatic heterocycles. The molecule has 1 heterocycles. The minimum atomic E-state index is -0.225. The summed E-state index contributed by atoms with van der Waals surface area (Å²) in [5.41, 5.74) is 1.35. The molecule has 0 bridgehead atoms. The van der Waals surface area contributed by atoms with E-state index in [1.807, 2.05) is 43.3 Å². The molecule has 1 saturated carbocycles. The summed E-state index contributed by atoms with van der Waals surface area (Å²) in [5.74, 6) is 1.28. The molecule has 1 aliphatic rings. The van der Waals surface area contributed by atoms with E-state index >= 15 is 0 Å². The molecule has 32 heavy (non-hydrogen) atoms. The molecular weight excluding hydrogens is 428 g/mol. The second-order valence-corrected chi connectivity index (χ2v) is 8.61. The van der Waals surface area contributed by atoms with Gasteiger partial charge >= 0.3 is 0 Å². The maximum Gasteiger partial charge on any atom is 0.251 e. The average molecular weight is 453 g/mol. The zero-order chi connectivity index (χ0) is 22.7. The minimum absolute atomic E-state index is 0.0683. The van der Waals surface area contributed by atoms with Gasteiger partial charge in [0.1, 0.15) is 11.5 Å². The minimum Gasteiger partial charge on any atom is -0.362 e. The Morgan fingerprint density at radius 1 is 1.06 bits per heavy atom. The topological polar surface area (TPSA) is 99.6 Å². The van der Waals surface area contributed by atoms with Crippen molar-refractivity contribution >= 4 is 45.9 Å². The highest BCUT2D eigenvalue weighted by atomic mass is 35.5. The van der Waals surface area contributed by atoms with Gasteiger partial charge in [-0.3, -0.25) is 4.79 Å². The number of carbonyl (C=O) groups excluding carboxylic acids is 1. The number of benzene rings is 2. The van der Waals surface area contributed by atoms with Gasteiger partial charge in [-0.05, 0) is 61.2 Å². The van der Waals surface area contributed by atoms with Gasteiger partial charge in [-0.15, -0.1) is 4.91 Å². The van der Waals surface area contributed by atoms with Crippen molar-refractivity contribution in [2.24, 2.45) is 5.18 Å². The Hall–Kier alpha value is -3.26. The molecule has 2 aromatic carbocycles. The smallest absolute Gasteiger partial charge is 0.251 e. The van der Waals surface area contributed by atoms with E-state index in [-0.39, 0.29) is 28.7 Å². The van der Waals surface area contributed by atoms with Crippen LogP contribution in [0, 0.1) is 4.91 Å². The van der Waals surface area contributed by atoms with Crippen LogP contribution in [0.4, 0.5) is 17.5 Å². The number of aromatic nitrogens is 2. The fourth-order valence-corrected chi connectivity index (χ4v) is 4.17. The van der Waals surface area contributed by atoms with Crippen LogP contribution in [0.3, 0.4) is 0 Å². The number of hydrogen-bond donors (Lipinski definition) is 2. The number of nitrogens with one attached hydrogen (secondary N) is 2. The highest BCUT2D eigenvalue weighted by Gasteiger charge is 2.24. The number of amides is 1. The number of fused-ring (bicyclic) bond motifs is 1. The molecule has 1 amide bonds. The van der Waals surface area contributed by atoms with Gasteiger partial charge in [-0.2, -0.15) is 4.98 Å². The van der Waals surface area contributed by atoms with Crippen LogP contribution in [-0.4, -0.2) is 42.1 Å². The van der Waals surface area contributed by atoms with Crippen LogP contribution in [0.1, 0.15) is 36.0 Å². The average Bonchev–Trinajstić information content (AvgIpc) is 2.80. The largest absolute Gasteiger partial charge is 0.362 e. The van der Waals surface area contributed by atoms with Gasteiger partial charge in [-0.1, -0.05) is 23.7 Å². The Kier molecular flexibility index (Phi) is 6.50. The number of rotatable bonds is 6. The first-order chi connectivity index (χ1) is 15.4. The normalized spacial score (nSPS) is 18.2. The van der Waals surface area contributed by atoms with Crippen LogP contribution in [0.15, 0.2) is 47.6 Å². The number of nitrogens with zero attached hydrogens (tertiary/aromatic N) is 4. The molecule has 1 aliphatic carbocycles. The fraction of sp³-hybridized carbons (Fsp3) is 0.348. The third-order valence-corrected chi connectivity index (χ3v) is 6.03. The monoisotopic (exact) mass is 452 g/mol. The molecule has 9 heteroatoms. The van der Waals surface area contributed by atoms with E-state index in [0.717, 1.165) is 42.4 Å². The summed E-state index contributed by atoms with van der Waals surface area (Å²) in [5, 5.41) is 10.6. The van der Waals surface area contributed by atoms with Crippen molar-refractivity contribution in [3.05, 3.63) is 58.0 Å². The van der Waals surface area contributed by atoms with Crippen molar-refractivity contribution in [3.8, 4) is 0 Å². The third kappa shape index (κ3) is 4.80. The Bertz CT molecular complexity index is 1140. The van der Waals surface area contributed by atoms with Crippen LogP contribution >= 0.6 is 11.6 Å². The van der Waals surface area contributed by atoms with Gasteiger partial charge in [0.15, 0.2) is 0 Å². The highest BCUT2D eigenvalue weighted by Crippen LogP contribution is 2.28. The van der Waals surface area contributed by atoms with Gasteiger partial charge in [0.05, 0.1) is 10.5 Å². The van der Waals surface area contributed by atoms with Crippen molar-refractivity contribution < 1.29 is 4.79 Å². The number of hydrogen-bond acceptors (Lipinski definition) is 7. The van der Waals surface area contributed by atoms with E-state index in [9.17, 15) is 9.70 Å². The predicted molar refractivity (Wildman–Crippen MR) is 128 cm³/mol. The summed E-state index contributed by atoms with van der Waals surface area (Å²) in [6, 6.07) is 12.8. The molecule has 0 aliphatic heterocycles. The van der Waals surface area contributed by atoms with E-state index < -0.39 is 0 Å². The van der Waals surface area contributed by atoms with Crippen LogP contribution in [0.5, 0.6) is 0 Å². The standard InChI is InChI=1S/C23H25ClN6O2/c1-30(2)21-17-5-3-4-6-19(17)27-23(28-21)26-16-10-8-15(9-11-16)25-22(31)14-7-12-18(24)20(13-14)29-32/h3-7,12-13,15-16H,8-11H2,1-2H3,(H,25,31)(H,26,27,28)/t15-,16+. The fourth-order valence-electron chi connectivity index (χ4n) is 4.02. The quantitative estimate of drug-likeness (QED) is 0.516. The summed E-state index contributed by atoms with van der Waals surface area (Å²) in [4.78, 5) is 34.8. The molecule has 0 atom stereocenters. The van der Waals surface area contributed by atoms with E-state index in [1.165, 1.54) is 12.1 Å². The lowest BCUT2D eigenvalue weighted by atomic mass is 9.91. The third-order valence-electron chi connectivity index (χ3n) is 5.71. The first-order valence-electron chi connectivity index (χ1n) is 10.6. The van der Waals surface area contributed by atoms with E-state index in [2.05, 4.69) is 20.8 Å². The van der Waals surface area contributed by atoms with Crippen LogP contribution < -0.4 is 15.5 Å². The predicted octanol–water partition coefficient (Wildman–Crippen LogP) is 4.90. The van der Waals surface area contributed by atoms with Crippen molar-refractivity contribution in [1.29, 1.82) is 0 Å². The first kappa shape index (κ1) is 22.0. The van der Waals surface area contributed by atoms with Crippen molar-refractivity contribution in [2.75, 3.05) is 24.3 Å². The zero-order valence-corrected chi connectivity index (χ0v) is 18.8. The molecule has 3 aromatic rings. The number of carbonyl (C=O) groups is 1. The molecule has 0 saturated heterocycles. The SMILES string of the molecule is CN(C)c1nc(N[C@H]2CC[C@@H](NC(=O)c3ccc(Cl)c(N=O)c3)CC2)nc2ccccc12. The summed E-state index contributed by atoms with van der Waals surface area (Å²) >= 11 is 5.89. The second kappa shape index (κ2) is 9.48. The van der Waals surface area contributed by atoms with Crippen molar-refractivity contribution in [1.82, 2.24) is 15.3 Å². The van der Waals surface area contributed by atoms with E-state index in [1.54, 1.807) is 6.07 Å². The van der Waals surface area contributed by atoms with Crippen molar-refractivity contribution in [2.45, 2.75) is 37.8 Å². The van der Waals surface area contributed by atoms with Gasteiger partial charge in [-0.25, -0.2) is 4.98 Å². The molecule has 166 valence electrons. The Morgan fingerprint density at radius 2 is 1.78 bits per heavy atom. The zero-order valence-electron chi connectivity index (χ0n) is 18.0. The van der Waals surface area contributed by atoms with Crippen LogP contribution in [0.2, 0.25) is 5.02 Å². The second-order valence-electron chi connectivity index (χ2n) is 8.21. The summed E-state index contributed by atoms with van der Waals surface area (Å²) in [6.07, 6.45) is 3.45. The number of nitroso groups, excluding NO2 is 1. The summed E-state index contributed by atoms with van der Waals surface area (Å²) in [6.45, 7) is 0. The lowest BCUT2D eigenvalue weighted by molar-refractivity contribution is 0.0926. The molecule has 0 unspecified atom stereocenters. The maximum atomic E-state index is 12.6. The lowest BCUT2D eigenvalue weighted by Crippen LogP contribution is -2.40. The summed E-state index contributed by atoms with van der Waals surface area (Å²) in [7, 11) is 3.95. The van der Waals surface area contributed by atoms with Gasteiger partial charge in [0.2, 0.25) is 5.95 Å². The van der Waals surface area contributed by atoms with Gasteiger partial charge in [0.25, 0.3) is 5.91 Å². The first-order valence-corrected chi connectivity index (χ1v) is 11.0. The van der Waals surface area contributed by atoms with Crippen LogP contribution in [0.25, 0.3) is 10.9 Å². The molecule has 0 radical (unpaired) electrons. The highest BCUT2D eigenvalue weighted by molar-refractivity contribution is 6.33. The van der Waals surface area contributed by atoms with E-state index in [0.29, 0.717) is 11.5 Å². The van der Waals surface area contributed by atoms with Crippen molar-refractivity contribution in [3.63, 3.8) is 0 Å². The molecule has 1 fully saturated rings. The molecule has 0 spiro atoms. The molecule has 2 N–H and O–H groups in total. The van der Waals surface area contributed by atoms with Gasteiger partial charge in [0, 0.05) is 37.1 Å². The number of halogens is 1. The number of para-hydroxylation sites is 1. The molecule has 4 rings (SSSR count). The Balaban J connectivity index is 1.37. The Labute approximate surface area is 191 Å². The molecule has 8 nitrogen and oxygen atoms in total. The summed E-state index contributed by atoms with van der Waals surface area (Å²) < 4.78 is 0. The van der Waals surface area contributed by atoms with E-state index in [4.69, 9.17) is 16.6 Å². The lowest BCUT2D eigenvalue weighted by Gasteiger charge is -2.30.